The van der Waals surface area contributed by atoms with Gasteiger partial charge in [-0.25, -0.2) is 0 Å². The summed E-state index contributed by atoms with van der Waals surface area (Å²) in [5.41, 5.74) is 0. The van der Waals surface area contributed by atoms with E-state index in [2.05, 4.69) is 5.23 Å². The monoisotopic (exact) mass is 56.1 g/mol. The summed E-state index contributed by atoms with van der Waals surface area (Å²) in [7, 11) is 2.81. The first-order chi connectivity index (χ1) is 1.91. The Kier molecular flexibility index (Phi) is 2.44. The van der Waals surface area contributed by atoms with Gasteiger partial charge in [0.2, 0.25) is 0 Å². The number of hydrogen-bond acceptors (Lipinski definition) is 1. The van der Waals surface area contributed by atoms with Crippen molar-refractivity contribution in [3.63, 3.8) is 0 Å². The van der Waals surface area contributed by atoms with Crippen molar-refractivity contribution in [1.82, 2.24) is 5.23 Å². The summed E-state index contributed by atoms with van der Waals surface area (Å²) in [4.78, 5) is 0. The summed E-state index contributed by atoms with van der Waals surface area (Å²) in [6, 6.07) is 0. The van der Waals surface area contributed by atoms with Crippen LogP contribution in [0.15, 0.2) is 0 Å². The molecule has 0 saturated heterocycles. The zero-order valence-electron chi connectivity index (χ0n) is 2.58. The van der Waals surface area contributed by atoms with Crippen molar-refractivity contribution in [3.8, 4) is 0 Å². The molecule has 4 heavy (non-hydrogen) atoms. The maximum atomic E-state index is 6.22. The third-order valence-corrected chi connectivity index (χ3v) is 0.144. The topological polar surface area (TPSA) is 35.9 Å². The molecule has 0 unspecified atom stereocenters. The summed E-state index contributed by atoms with van der Waals surface area (Å²) >= 11 is 0. The Morgan fingerprint density at radius 2 is 2.25 bits per heavy atom. The van der Waals surface area contributed by atoms with E-state index in [4.69, 9.17) is 5.31 Å². The molecular formula is CH5BN2. The molecule has 2 nitrogen and oxygen atoms in total. The van der Waals surface area contributed by atoms with Crippen LogP contribution in [-0.2, 0) is 0 Å². The molecule has 0 aliphatic rings. The molecule has 0 amide bonds. The number of rotatable bonds is 1. The fourth-order valence-corrected chi connectivity index (χ4v) is 0. The first kappa shape index (κ1) is 3.66. The summed E-state index contributed by atoms with van der Waals surface area (Å²) in [5.74, 6) is 0. The van der Waals surface area contributed by atoms with Gasteiger partial charge >= 0.3 is 24.8 Å². The van der Waals surface area contributed by atoms with Crippen LogP contribution in [0.4, 0.5) is 0 Å². The Bertz CT molecular complexity index is 20.0. The molecule has 22 valence electrons. The van der Waals surface area contributed by atoms with Crippen LogP contribution in [0.3, 0.4) is 0 Å². The van der Waals surface area contributed by atoms with Crippen LogP contribution in [-0.4, -0.2) is 14.3 Å². The summed E-state index contributed by atoms with van der Waals surface area (Å²) in [6.45, 7) is 0. The Labute approximate surface area is 26.0 Å². The molecule has 3 heteroatoms. The van der Waals surface area contributed by atoms with Gasteiger partial charge in [-0.15, -0.1) is 0 Å². The Morgan fingerprint density at radius 3 is 2.25 bits per heavy atom. The molecule has 0 radical (unpaired) electrons. The fourth-order valence-electron chi connectivity index (χ4n) is 0. The van der Waals surface area contributed by atoms with E-state index in [1.54, 1.807) is 7.05 Å². The zero-order valence-corrected chi connectivity index (χ0v) is 2.58. The molecule has 0 fully saturated rings. The van der Waals surface area contributed by atoms with Gasteiger partial charge in [0.15, 0.2) is 0 Å². The Balaban J connectivity index is 2.30. The van der Waals surface area contributed by atoms with E-state index in [-0.39, 0.29) is 0 Å². The van der Waals surface area contributed by atoms with Gasteiger partial charge in [-0.05, 0) is 0 Å². The minimum atomic E-state index is 1.12. The molecule has 2 N–H and O–H groups in total. The predicted molar refractivity (Wildman–Crippen MR) is 17.5 cm³/mol. The van der Waals surface area contributed by atoms with Gasteiger partial charge in [-0.2, -0.15) is 0 Å². The molecule has 0 aromatic rings. The van der Waals surface area contributed by atoms with Crippen molar-refractivity contribution in [2.24, 2.45) is 0 Å². The number of nitrogens with one attached hydrogen (secondary N) is 2. The normalized spacial score (nSPS) is 4.25. The summed E-state index contributed by atoms with van der Waals surface area (Å²) < 4.78 is 0. The number of hydrogen-bond donors (Lipinski definition) is 2. The van der Waals surface area contributed by atoms with Gasteiger partial charge in [0.05, 0.1) is 0 Å². The van der Waals surface area contributed by atoms with Crippen LogP contribution >= 0.6 is 0 Å². The van der Waals surface area contributed by atoms with Gasteiger partial charge in [0, 0.05) is 0 Å². The Morgan fingerprint density at radius 1 is 2.00 bits per heavy atom. The van der Waals surface area contributed by atoms with Crippen LogP contribution in [0.25, 0.3) is 0 Å². The quantitative estimate of drug-likeness (QED) is 0.393. The van der Waals surface area contributed by atoms with E-state index >= 15 is 0 Å². The van der Waals surface area contributed by atoms with Gasteiger partial charge in [-0.1, -0.05) is 0 Å². The van der Waals surface area contributed by atoms with Gasteiger partial charge in [0.1, 0.15) is 0 Å². The van der Waals surface area contributed by atoms with Gasteiger partial charge < -0.3 is 0 Å². The van der Waals surface area contributed by atoms with Crippen LogP contribution in [0.1, 0.15) is 0 Å². The molecule has 0 aromatic carbocycles. The zero-order chi connectivity index (χ0) is 3.41. The molecule has 0 atom stereocenters. The maximum absolute atomic E-state index is 6.22. The molecule has 0 heterocycles. The summed E-state index contributed by atoms with van der Waals surface area (Å²) in [5, 5.41) is 8.69. The molecule has 0 spiro atoms. The second-order valence-electron chi connectivity index (χ2n) is 0.433. The van der Waals surface area contributed by atoms with Crippen LogP contribution in [0.2, 0.25) is 0 Å². The van der Waals surface area contributed by atoms with Gasteiger partial charge in [-0.3, -0.25) is 0 Å². The first-order valence-electron chi connectivity index (χ1n) is 1.08. The molecule has 0 bridgehead atoms. The average molecular weight is 55.9 g/mol. The van der Waals surface area contributed by atoms with E-state index in [1.165, 1.54) is 0 Å². The third kappa shape index (κ3) is 1.66. The van der Waals surface area contributed by atoms with E-state index in [1.807, 2.05) is 0 Å². The molecule has 0 saturated carbocycles. The van der Waals surface area contributed by atoms with E-state index in [0.29, 0.717) is 0 Å². The van der Waals surface area contributed by atoms with Crippen molar-refractivity contribution in [2.75, 3.05) is 7.05 Å². The van der Waals surface area contributed by atoms with Crippen molar-refractivity contribution in [2.45, 2.75) is 0 Å². The standard InChI is InChI=1S/CH5BN2/c1-4-2-3/h3-4H,1H3. The second-order valence-corrected chi connectivity index (χ2v) is 0.433. The second kappa shape index (κ2) is 2.66. The summed E-state index contributed by atoms with van der Waals surface area (Å²) in [6.07, 6.45) is 0. The molecular weight excluding hydrogens is 50.8 g/mol. The first-order valence-corrected chi connectivity index (χ1v) is 1.08. The van der Waals surface area contributed by atoms with Crippen LogP contribution < -0.4 is 5.23 Å². The predicted octanol–water partition coefficient (Wildman–Crippen LogP) is -0.413. The molecule has 0 aromatic heterocycles. The van der Waals surface area contributed by atoms with Crippen LogP contribution in [0, 0.1) is 5.31 Å². The van der Waals surface area contributed by atoms with E-state index in [0.717, 1.165) is 7.21 Å². The van der Waals surface area contributed by atoms with E-state index < -0.39 is 0 Å². The Hall–Kier alpha value is -0.335. The van der Waals surface area contributed by atoms with Crippen molar-refractivity contribution in [3.05, 3.63) is 0 Å². The fraction of sp³-hybridized carbons (Fsp3) is 1.00. The minimum absolute atomic E-state index is 1.12. The van der Waals surface area contributed by atoms with Crippen molar-refractivity contribution >= 4 is 7.21 Å². The van der Waals surface area contributed by atoms with Crippen LogP contribution in [0.5, 0.6) is 0 Å². The van der Waals surface area contributed by atoms with Crippen molar-refractivity contribution in [1.29, 1.82) is 5.31 Å². The SMILES string of the molecule is CNB=N. The average Bonchev–Trinajstić information content (AvgIpc) is 1.37. The molecule has 0 aliphatic carbocycles. The van der Waals surface area contributed by atoms with E-state index in [9.17, 15) is 0 Å². The molecule has 0 aliphatic heterocycles. The van der Waals surface area contributed by atoms with Crippen molar-refractivity contribution < 1.29 is 0 Å². The van der Waals surface area contributed by atoms with Gasteiger partial charge in [0.25, 0.3) is 0 Å². The molecule has 0 rings (SSSR count). The third-order valence-electron chi connectivity index (χ3n) is 0.144.